The zero-order valence-electron chi connectivity index (χ0n) is 12.7. The maximum Gasteiger partial charge on any atom is 0.138 e. The van der Waals surface area contributed by atoms with E-state index in [1.54, 1.807) is 24.3 Å². The Morgan fingerprint density at radius 1 is 1.04 bits per heavy atom. The van der Waals surface area contributed by atoms with Crippen LogP contribution in [0.3, 0.4) is 0 Å². The Morgan fingerprint density at radius 3 is 1.83 bits per heavy atom. The van der Waals surface area contributed by atoms with Gasteiger partial charge in [-0.1, -0.05) is 19.1 Å². The van der Waals surface area contributed by atoms with Crippen molar-refractivity contribution in [3.05, 3.63) is 47.5 Å². The van der Waals surface area contributed by atoms with Crippen LogP contribution in [0.2, 0.25) is 0 Å². The molecule has 0 atom stereocenters. The fourth-order valence-corrected chi connectivity index (χ4v) is 2.60. The number of carbonyl (C=O) groups is 1. The highest BCUT2D eigenvalue weighted by Crippen LogP contribution is 2.40. The van der Waals surface area contributed by atoms with Gasteiger partial charge in [0.25, 0.3) is 0 Å². The molecule has 0 aromatic heterocycles. The number of aliphatic carboxylic acids is 1. The van der Waals surface area contributed by atoms with Crippen molar-refractivity contribution in [2.45, 2.75) is 25.2 Å². The number of phenolic OH excluding ortho intramolecular Hbond substituents is 2. The first-order chi connectivity index (χ1) is 10.7. The topological polar surface area (TPSA) is 133 Å². The van der Waals surface area contributed by atoms with Crippen molar-refractivity contribution in [1.82, 2.24) is 0 Å². The van der Waals surface area contributed by atoms with Gasteiger partial charge >= 0.3 is 0 Å². The number of hydrogen-bond donors (Lipinski definition) is 4. The molecule has 2 rings (SSSR count). The van der Waals surface area contributed by atoms with Crippen molar-refractivity contribution in [3.63, 3.8) is 0 Å². The highest BCUT2D eigenvalue weighted by molar-refractivity contribution is 5.65. The van der Waals surface area contributed by atoms with Crippen LogP contribution in [0.5, 0.6) is 11.5 Å². The van der Waals surface area contributed by atoms with Crippen molar-refractivity contribution < 1.29 is 20.1 Å². The van der Waals surface area contributed by atoms with Crippen LogP contribution in [-0.4, -0.2) is 16.2 Å². The number of rotatable bonds is 5. The molecule has 2 aromatic rings. The van der Waals surface area contributed by atoms with Crippen molar-refractivity contribution in [2.24, 2.45) is 0 Å². The third-order valence-corrected chi connectivity index (χ3v) is 4.16. The average Bonchev–Trinajstić information content (AvgIpc) is 2.50. The maximum atomic E-state index is 10.9. The summed E-state index contributed by atoms with van der Waals surface area (Å²) in [5.41, 5.74) is 12.7. The Balaban J connectivity index is 2.56. The lowest BCUT2D eigenvalue weighted by atomic mass is 9.72. The molecule has 0 unspecified atom stereocenters. The Bertz CT molecular complexity index is 692. The van der Waals surface area contributed by atoms with Crippen LogP contribution in [0.15, 0.2) is 36.4 Å². The van der Waals surface area contributed by atoms with E-state index in [1.165, 1.54) is 12.1 Å². The van der Waals surface area contributed by atoms with Gasteiger partial charge in [-0.05, 0) is 48.2 Å². The molecule has 6 N–H and O–H groups in total. The van der Waals surface area contributed by atoms with E-state index < -0.39 is 11.4 Å². The standard InChI is InChI=1S/C17H20N2O4/c1-17(7-6-16(22)23,10-2-4-14(20)12(18)8-10)11-3-5-15(21)13(19)9-11/h2-5,8-9,20-21H,6-7,18-19H2,1H3,(H,22,23)/p-1. The number of anilines is 2. The Labute approximate surface area is 134 Å². The summed E-state index contributed by atoms with van der Waals surface area (Å²) in [5, 5.41) is 30.1. The lowest BCUT2D eigenvalue weighted by Crippen LogP contribution is -2.29. The minimum Gasteiger partial charge on any atom is -0.550 e. The number of nitrogen functional groups attached to an aromatic ring is 2. The van der Waals surface area contributed by atoms with Gasteiger partial charge in [-0.3, -0.25) is 0 Å². The van der Waals surface area contributed by atoms with E-state index >= 15 is 0 Å². The van der Waals surface area contributed by atoms with Gasteiger partial charge in [-0.25, -0.2) is 0 Å². The van der Waals surface area contributed by atoms with Gasteiger partial charge in [0.15, 0.2) is 0 Å². The molecule has 0 amide bonds. The molecule has 0 spiro atoms. The van der Waals surface area contributed by atoms with Crippen LogP contribution in [0, 0.1) is 0 Å². The largest absolute Gasteiger partial charge is 0.550 e. The molecule has 23 heavy (non-hydrogen) atoms. The van der Waals surface area contributed by atoms with Crippen LogP contribution in [0.1, 0.15) is 30.9 Å². The van der Waals surface area contributed by atoms with E-state index in [4.69, 9.17) is 11.5 Å². The summed E-state index contributed by atoms with van der Waals surface area (Å²) < 4.78 is 0. The zero-order valence-corrected chi connectivity index (χ0v) is 12.7. The van der Waals surface area contributed by atoms with Gasteiger partial charge in [0, 0.05) is 11.4 Å². The van der Waals surface area contributed by atoms with Crippen LogP contribution < -0.4 is 16.6 Å². The maximum absolute atomic E-state index is 10.9. The minimum atomic E-state index is -1.16. The van der Waals surface area contributed by atoms with E-state index in [0.717, 1.165) is 11.1 Å². The van der Waals surface area contributed by atoms with E-state index in [-0.39, 0.29) is 35.7 Å². The van der Waals surface area contributed by atoms with Crippen LogP contribution in [0.25, 0.3) is 0 Å². The SMILES string of the molecule is CC(CCC(=O)[O-])(c1ccc(O)c(N)c1)c1ccc(O)c(N)c1. The van der Waals surface area contributed by atoms with E-state index in [9.17, 15) is 20.1 Å². The summed E-state index contributed by atoms with van der Waals surface area (Å²) in [6, 6.07) is 9.51. The lowest BCUT2D eigenvalue weighted by molar-refractivity contribution is -0.306. The molecule has 0 radical (unpaired) electrons. The van der Waals surface area contributed by atoms with Crippen LogP contribution in [0.4, 0.5) is 11.4 Å². The van der Waals surface area contributed by atoms with Crippen molar-refractivity contribution in [3.8, 4) is 11.5 Å². The molecule has 6 nitrogen and oxygen atoms in total. The predicted molar refractivity (Wildman–Crippen MR) is 85.7 cm³/mol. The van der Waals surface area contributed by atoms with Crippen LogP contribution in [-0.2, 0) is 10.2 Å². The molecule has 6 heteroatoms. The number of hydrogen-bond acceptors (Lipinski definition) is 6. The monoisotopic (exact) mass is 315 g/mol. The first-order valence-corrected chi connectivity index (χ1v) is 7.12. The van der Waals surface area contributed by atoms with Gasteiger partial charge in [0.1, 0.15) is 11.5 Å². The zero-order chi connectivity index (χ0) is 17.2. The number of benzene rings is 2. The highest BCUT2D eigenvalue weighted by Gasteiger charge is 2.30. The Kier molecular flexibility index (Phi) is 4.36. The normalized spacial score (nSPS) is 11.3. The van der Waals surface area contributed by atoms with E-state index in [1.807, 2.05) is 6.92 Å². The number of carboxylic acid groups (broad SMARTS) is 1. The second-order valence-electron chi connectivity index (χ2n) is 5.75. The summed E-state index contributed by atoms with van der Waals surface area (Å²) in [5.74, 6) is -1.24. The first-order valence-electron chi connectivity index (χ1n) is 7.12. The number of aromatic hydroxyl groups is 2. The molecule has 0 heterocycles. The van der Waals surface area contributed by atoms with Crippen molar-refractivity contribution in [1.29, 1.82) is 0 Å². The summed E-state index contributed by atoms with van der Waals surface area (Å²) >= 11 is 0. The summed E-state index contributed by atoms with van der Waals surface area (Å²) in [6.45, 7) is 1.85. The molecule has 0 bridgehead atoms. The summed E-state index contributed by atoms with van der Waals surface area (Å²) in [6.07, 6.45) is 0.0990. The Morgan fingerprint density at radius 2 is 1.48 bits per heavy atom. The second-order valence-corrected chi connectivity index (χ2v) is 5.75. The number of nitrogens with two attached hydrogens (primary N) is 2. The Hall–Kier alpha value is -2.89. The number of carbonyl (C=O) groups excluding carboxylic acids is 1. The quantitative estimate of drug-likeness (QED) is 0.482. The van der Waals surface area contributed by atoms with E-state index in [2.05, 4.69) is 0 Å². The third-order valence-electron chi connectivity index (χ3n) is 4.16. The molecule has 2 aromatic carbocycles. The molecule has 0 saturated carbocycles. The minimum absolute atomic E-state index is 0.0405. The molecule has 0 aliphatic carbocycles. The first kappa shape index (κ1) is 16.5. The van der Waals surface area contributed by atoms with Gasteiger partial charge in [-0.2, -0.15) is 0 Å². The number of phenols is 2. The van der Waals surface area contributed by atoms with E-state index in [0.29, 0.717) is 0 Å². The molecular weight excluding hydrogens is 296 g/mol. The molecule has 0 aliphatic heterocycles. The summed E-state index contributed by atoms with van der Waals surface area (Å²) in [7, 11) is 0. The fourth-order valence-electron chi connectivity index (χ4n) is 2.60. The lowest BCUT2D eigenvalue weighted by Gasteiger charge is -2.32. The average molecular weight is 315 g/mol. The van der Waals surface area contributed by atoms with Crippen LogP contribution >= 0.6 is 0 Å². The van der Waals surface area contributed by atoms with Crippen molar-refractivity contribution >= 4 is 17.3 Å². The smallest absolute Gasteiger partial charge is 0.138 e. The van der Waals surface area contributed by atoms with Gasteiger partial charge in [-0.15, -0.1) is 0 Å². The number of carboxylic acids is 1. The second kappa shape index (κ2) is 6.08. The molecule has 0 fully saturated rings. The van der Waals surface area contributed by atoms with Gasteiger partial charge in [0.05, 0.1) is 11.4 Å². The third kappa shape index (κ3) is 3.31. The summed E-state index contributed by atoms with van der Waals surface area (Å²) in [4.78, 5) is 10.9. The molecular formula is C17H19N2O4-. The fraction of sp³-hybridized carbons (Fsp3) is 0.235. The van der Waals surface area contributed by atoms with Crippen molar-refractivity contribution in [2.75, 3.05) is 11.5 Å². The van der Waals surface area contributed by atoms with Gasteiger partial charge in [0.2, 0.25) is 0 Å². The molecule has 0 saturated heterocycles. The highest BCUT2D eigenvalue weighted by atomic mass is 16.4. The molecule has 0 aliphatic rings. The predicted octanol–water partition coefficient (Wildman–Crippen LogP) is 1.10. The molecule has 122 valence electrons. The van der Waals surface area contributed by atoms with Gasteiger partial charge < -0.3 is 31.6 Å².